The largest absolute Gasteiger partial charge is 0.466 e. The van der Waals surface area contributed by atoms with Crippen molar-refractivity contribution in [3.8, 4) is 0 Å². The third-order valence-electron chi connectivity index (χ3n) is 3.52. The van der Waals surface area contributed by atoms with Gasteiger partial charge in [-0.05, 0) is 25.0 Å². The van der Waals surface area contributed by atoms with E-state index in [-0.39, 0.29) is 5.97 Å². The maximum Gasteiger partial charge on any atom is 0.330 e. The summed E-state index contributed by atoms with van der Waals surface area (Å²) >= 11 is 0. The van der Waals surface area contributed by atoms with Gasteiger partial charge in [-0.1, -0.05) is 37.5 Å². The molecule has 4 nitrogen and oxygen atoms in total. The van der Waals surface area contributed by atoms with Crippen LogP contribution >= 0.6 is 0 Å². The molecule has 0 atom stereocenters. The van der Waals surface area contributed by atoms with E-state index in [4.69, 9.17) is 0 Å². The van der Waals surface area contributed by atoms with Crippen molar-refractivity contribution in [2.24, 2.45) is 9.98 Å². The highest BCUT2D eigenvalue weighted by molar-refractivity contribution is 5.88. The van der Waals surface area contributed by atoms with Gasteiger partial charge >= 0.3 is 5.97 Å². The van der Waals surface area contributed by atoms with Crippen molar-refractivity contribution in [1.29, 1.82) is 0 Å². The predicted molar refractivity (Wildman–Crippen MR) is 83.9 cm³/mol. The van der Waals surface area contributed by atoms with E-state index in [0.717, 1.165) is 24.1 Å². The Hall–Kier alpha value is -2.19. The van der Waals surface area contributed by atoms with Gasteiger partial charge in [-0.2, -0.15) is 4.99 Å². The molecule has 0 N–H and O–H groups in total. The van der Waals surface area contributed by atoms with Crippen LogP contribution in [0.4, 0.5) is 5.69 Å². The molecule has 1 aromatic carbocycles. The van der Waals surface area contributed by atoms with Crippen molar-refractivity contribution in [2.45, 2.75) is 38.1 Å². The summed E-state index contributed by atoms with van der Waals surface area (Å²) in [5.74, 6) is -0.385. The van der Waals surface area contributed by atoms with Gasteiger partial charge in [-0.25, -0.2) is 9.79 Å². The fourth-order valence-corrected chi connectivity index (χ4v) is 2.33. The highest BCUT2D eigenvalue weighted by Crippen LogP contribution is 2.21. The van der Waals surface area contributed by atoms with Crippen LogP contribution in [-0.4, -0.2) is 25.1 Å². The molecule has 0 saturated heterocycles. The first-order valence-corrected chi connectivity index (χ1v) is 7.30. The summed E-state index contributed by atoms with van der Waals surface area (Å²) in [6.45, 7) is 0. The summed E-state index contributed by atoms with van der Waals surface area (Å²) < 4.78 is 4.58. The molecule has 0 bridgehead atoms. The van der Waals surface area contributed by atoms with Crippen LogP contribution in [0.1, 0.15) is 37.7 Å². The molecule has 0 unspecified atom stereocenters. The minimum Gasteiger partial charge on any atom is -0.466 e. The molecule has 1 aliphatic carbocycles. The van der Waals surface area contributed by atoms with E-state index in [2.05, 4.69) is 20.7 Å². The summed E-state index contributed by atoms with van der Waals surface area (Å²) in [6, 6.07) is 10.7. The SMILES string of the molecule is COC(=O)C=Cc1ccccc1N=C=NC1CCCCC1. The normalized spacial score (nSPS) is 15.5. The van der Waals surface area contributed by atoms with E-state index in [1.54, 1.807) is 6.08 Å². The molecule has 21 heavy (non-hydrogen) atoms. The first-order chi connectivity index (χ1) is 10.3. The number of methoxy groups -OCH3 is 1. The molecule has 0 aliphatic heterocycles. The number of carbonyl (C=O) groups excluding carboxylic acids is 1. The zero-order valence-electron chi connectivity index (χ0n) is 12.3. The van der Waals surface area contributed by atoms with Gasteiger partial charge < -0.3 is 4.74 Å². The summed E-state index contributed by atoms with van der Waals surface area (Å²) in [5.41, 5.74) is 1.59. The average Bonchev–Trinajstić information content (AvgIpc) is 2.54. The smallest absolute Gasteiger partial charge is 0.330 e. The Bertz CT molecular complexity index is 566. The van der Waals surface area contributed by atoms with Gasteiger partial charge in [0.25, 0.3) is 0 Å². The summed E-state index contributed by atoms with van der Waals surface area (Å²) in [5, 5.41) is 0. The van der Waals surface area contributed by atoms with Crippen LogP contribution in [0.2, 0.25) is 0 Å². The first kappa shape index (κ1) is 15.2. The van der Waals surface area contributed by atoms with Crippen LogP contribution in [-0.2, 0) is 9.53 Å². The lowest BCUT2D eigenvalue weighted by atomic mass is 9.96. The van der Waals surface area contributed by atoms with Crippen molar-refractivity contribution >= 4 is 23.7 Å². The monoisotopic (exact) mass is 284 g/mol. The van der Waals surface area contributed by atoms with Gasteiger partial charge in [-0.3, -0.25) is 0 Å². The Kier molecular flexibility index (Phi) is 5.92. The average molecular weight is 284 g/mol. The number of para-hydroxylation sites is 1. The van der Waals surface area contributed by atoms with Gasteiger partial charge in [0.2, 0.25) is 0 Å². The van der Waals surface area contributed by atoms with Crippen LogP contribution in [0, 0.1) is 0 Å². The molecule has 1 aromatic rings. The number of ether oxygens (including phenoxy) is 1. The van der Waals surface area contributed by atoms with Crippen LogP contribution < -0.4 is 0 Å². The van der Waals surface area contributed by atoms with E-state index in [9.17, 15) is 4.79 Å². The minimum absolute atomic E-state index is 0.361. The quantitative estimate of drug-likeness (QED) is 0.476. The number of benzene rings is 1. The second-order valence-electron chi connectivity index (χ2n) is 5.05. The number of aliphatic imine (C=N–C) groups is 2. The standard InChI is InChI=1S/C17H20N2O2/c1-21-17(20)12-11-14-7-5-6-10-16(14)19-13-18-15-8-3-2-4-9-15/h5-7,10-12,15H,2-4,8-9H2,1H3. The number of nitrogens with zero attached hydrogens (tertiary/aromatic N) is 2. The van der Waals surface area contributed by atoms with E-state index < -0.39 is 0 Å². The summed E-state index contributed by atoms with van der Waals surface area (Å²) in [6.07, 6.45) is 9.13. The number of hydrogen-bond acceptors (Lipinski definition) is 4. The molecule has 0 amide bonds. The van der Waals surface area contributed by atoms with E-state index in [1.165, 1.54) is 32.4 Å². The number of rotatable bonds is 4. The van der Waals surface area contributed by atoms with Gasteiger partial charge in [0.15, 0.2) is 0 Å². The topological polar surface area (TPSA) is 51.0 Å². The van der Waals surface area contributed by atoms with Gasteiger partial charge in [-0.15, -0.1) is 0 Å². The number of hydrogen-bond donors (Lipinski definition) is 0. The molecular formula is C17H20N2O2. The fraction of sp³-hybridized carbons (Fsp3) is 0.412. The zero-order chi connectivity index (χ0) is 14.9. The third-order valence-corrected chi connectivity index (χ3v) is 3.52. The van der Waals surface area contributed by atoms with Crippen molar-refractivity contribution in [3.63, 3.8) is 0 Å². The molecular weight excluding hydrogens is 264 g/mol. The Morgan fingerprint density at radius 2 is 2.05 bits per heavy atom. The van der Waals surface area contributed by atoms with Crippen LogP contribution in [0.25, 0.3) is 6.08 Å². The second kappa shape index (κ2) is 8.18. The molecule has 0 spiro atoms. The van der Waals surface area contributed by atoms with Crippen molar-refractivity contribution < 1.29 is 9.53 Å². The first-order valence-electron chi connectivity index (χ1n) is 7.30. The Morgan fingerprint density at radius 1 is 1.29 bits per heavy atom. The third kappa shape index (κ3) is 5.01. The highest BCUT2D eigenvalue weighted by Gasteiger charge is 2.10. The number of esters is 1. The van der Waals surface area contributed by atoms with E-state index in [1.807, 2.05) is 24.3 Å². The predicted octanol–water partition coefficient (Wildman–Crippen LogP) is 4.01. The lowest BCUT2D eigenvalue weighted by Gasteiger charge is -2.15. The molecule has 2 rings (SSSR count). The van der Waals surface area contributed by atoms with Crippen molar-refractivity contribution in [3.05, 3.63) is 35.9 Å². The molecule has 4 heteroatoms. The molecule has 0 radical (unpaired) electrons. The molecule has 0 aromatic heterocycles. The minimum atomic E-state index is -0.385. The van der Waals surface area contributed by atoms with E-state index >= 15 is 0 Å². The summed E-state index contributed by atoms with van der Waals surface area (Å²) in [7, 11) is 1.35. The Morgan fingerprint density at radius 3 is 2.81 bits per heavy atom. The Balaban J connectivity index is 2.10. The van der Waals surface area contributed by atoms with Gasteiger partial charge in [0.1, 0.15) is 0 Å². The van der Waals surface area contributed by atoms with Crippen molar-refractivity contribution in [1.82, 2.24) is 0 Å². The van der Waals surface area contributed by atoms with Crippen LogP contribution in [0.15, 0.2) is 40.3 Å². The van der Waals surface area contributed by atoms with Gasteiger partial charge in [0, 0.05) is 11.6 Å². The Labute approximate surface area is 125 Å². The lowest BCUT2D eigenvalue weighted by molar-refractivity contribution is -0.134. The second-order valence-corrected chi connectivity index (χ2v) is 5.05. The highest BCUT2D eigenvalue weighted by atomic mass is 16.5. The maximum absolute atomic E-state index is 11.1. The van der Waals surface area contributed by atoms with E-state index in [0.29, 0.717) is 6.04 Å². The molecule has 1 aliphatic rings. The fourth-order valence-electron chi connectivity index (χ4n) is 2.33. The molecule has 1 fully saturated rings. The van der Waals surface area contributed by atoms with Crippen LogP contribution in [0.3, 0.4) is 0 Å². The van der Waals surface area contributed by atoms with Gasteiger partial charge in [0.05, 0.1) is 24.8 Å². The lowest BCUT2D eigenvalue weighted by Crippen LogP contribution is -2.08. The molecule has 1 saturated carbocycles. The number of carbonyl (C=O) groups is 1. The molecule has 110 valence electrons. The maximum atomic E-state index is 11.1. The molecule has 0 heterocycles. The summed E-state index contributed by atoms with van der Waals surface area (Å²) in [4.78, 5) is 19.8. The zero-order valence-corrected chi connectivity index (χ0v) is 12.3. The van der Waals surface area contributed by atoms with Crippen LogP contribution in [0.5, 0.6) is 0 Å². The van der Waals surface area contributed by atoms with Crippen molar-refractivity contribution in [2.75, 3.05) is 7.11 Å².